The van der Waals surface area contributed by atoms with Crippen molar-refractivity contribution in [2.45, 2.75) is 45.7 Å². The molecule has 1 saturated heterocycles. The van der Waals surface area contributed by atoms with Crippen molar-refractivity contribution >= 4 is 6.03 Å². The second-order valence-electron chi connectivity index (χ2n) is 6.44. The number of rotatable bonds is 5. The molecular formula is C18H28N2O3. The Hall–Kier alpha value is -1.91. The zero-order chi connectivity index (χ0) is 17.0. The lowest BCUT2D eigenvalue weighted by molar-refractivity contribution is 0.185. The summed E-state index contributed by atoms with van der Waals surface area (Å²) < 4.78 is 10.8. The van der Waals surface area contributed by atoms with Crippen LogP contribution in [0.3, 0.4) is 0 Å². The Morgan fingerprint density at radius 3 is 2.61 bits per heavy atom. The van der Waals surface area contributed by atoms with Crippen LogP contribution in [0.1, 0.15) is 45.2 Å². The second kappa shape index (κ2) is 7.57. The molecule has 0 saturated carbocycles. The van der Waals surface area contributed by atoms with E-state index in [1.54, 1.807) is 14.2 Å². The molecule has 128 valence electrons. The molecule has 0 aliphatic carbocycles. The Morgan fingerprint density at radius 2 is 2.00 bits per heavy atom. The van der Waals surface area contributed by atoms with Crippen LogP contribution in [0.2, 0.25) is 0 Å². The van der Waals surface area contributed by atoms with Crippen LogP contribution in [0.15, 0.2) is 18.2 Å². The van der Waals surface area contributed by atoms with Crippen molar-refractivity contribution < 1.29 is 14.3 Å². The molecule has 1 aromatic carbocycles. The molecule has 2 atom stereocenters. The monoisotopic (exact) mass is 320 g/mol. The van der Waals surface area contributed by atoms with E-state index in [0.717, 1.165) is 36.4 Å². The number of hydrogen-bond donors (Lipinski definition) is 1. The lowest BCUT2D eigenvalue weighted by Crippen LogP contribution is -2.45. The Balaban J connectivity index is 2.23. The Kier molecular flexibility index (Phi) is 5.74. The van der Waals surface area contributed by atoms with Crippen LogP contribution in [0.4, 0.5) is 4.79 Å². The highest BCUT2D eigenvalue weighted by atomic mass is 16.5. The van der Waals surface area contributed by atoms with Gasteiger partial charge >= 0.3 is 6.03 Å². The normalized spacial score (nSPS) is 18.9. The fourth-order valence-electron chi connectivity index (χ4n) is 2.88. The maximum atomic E-state index is 12.6. The van der Waals surface area contributed by atoms with Gasteiger partial charge in [-0.05, 0) is 43.9 Å². The first-order valence-electron chi connectivity index (χ1n) is 8.27. The maximum absolute atomic E-state index is 12.6. The van der Waals surface area contributed by atoms with Crippen molar-refractivity contribution in [3.8, 4) is 11.5 Å². The first-order chi connectivity index (χ1) is 11.0. The number of carbonyl (C=O) groups excluding carboxylic acids is 1. The number of urea groups is 1. The summed E-state index contributed by atoms with van der Waals surface area (Å²) in [6.45, 7) is 7.02. The van der Waals surface area contributed by atoms with Gasteiger partial charge in [0.15, 0.2) is 0 Å². The van der Waals surface area contributed by atoms with E-state index in [4.69, 9.17) is 9.47 Å². The van der Waals surface area contributed by atoms with Crippen LogP contribution in [0, 0.1) is 5.92 Å². The topological polar surface area (TPSA) is 50.8 Å². The molecule has 0 radical (unpaired) electrons. The van der Waals surface area contributed by atoms with Crippen LogP contribution in [-0.2, 0) is 0 Å². The van der Waals surface area contributed by atoms with Crippen LogP contribution in [-0.4, -0.2) is 37.7 Å². The van der Waals surface area contributed by atoms with Crippen molar-refractivity contribution in [2.24, 2.45) is 5.92 Å². The quantitative estimate of drug-likeness (QED) is 0.902. The van der Waals surface area contributed by atoms with Gasteiger partial charge in [0.2, 0.25) is 0 Å². The SMILES string of the molecule is COc1ccc(OC)c(C2CCCN2C(=O)NC(C)C(C)C)c1. The number of likely N-dealkylation sites (tertiary alicyclic amines) is 1. The largest absolute Gasteiger partial charge is 0.497 e. The minimum atomic E-state index is -0.00132. The lowest BCUT2D eigenvalue weighted by Gasteiger charge is -2.29. The summed E-state index contributed by atoms with van der Waals surface area (Å²) in [5.74, 6) is 1.99. The third kappa shape index (κ3) is 3.89. The van der Waals surface area contributed by atoms with Gasteiger partial charge in [0, 0.05) is 18.2 Å². The molecule has 0 bridgehead atoms. The number of ether oxygens (including phenoxy) is 2. The predicted octanol–water partition coefficient (Wildman–Crippen LogP) is 3.59. The van der Waals surface area contributed by atoms with E-state index in [-0.39, 0.29) is 18.1 Å². The molecular weight excluding hydrogens is 292 g/mol. The Bertz CT molecular complexity index is 545. The number of carbonyl (C=O) groups is 1. The summed E-state index contributed by atoms with van der Waals surface area (Å²) in [6.07, 6.45) is 1.93. The molecule has 1 N–H and O–H groups in total. The molecule has 1 aliphatic heterocycles. The van der Waals surface area contributed by atoms with Crippen LogP contribution < -0.4 is 14.8 Å². The number of nitrogens with zero attached hydrogens (tertiary/aromatic N) is 1. The molecule has 1 heterocycles. The van der Waals surface area contributed by atoms with Gasteiger partial charge in [-0.2, -0.15) is 0 Å². The average Bonchev–Trinajstić information content (AvgIpc) is 3.03. The van der Waals surface area contributed by atoms with Gasteiger partial charge in [-0.15, -0.1) is 0 Å². The molecule has 5 heteroatoms. The average molecular weight is 320 g/mol. The number of amides is 2. The number of hydrogen-bond acceptors (Lipinski definition) is 3. The lowest BCUT2D eigenvalue weighted by atomic mass is 10.0. The highest BCUT2D eigenvalue weighted by Gasteiger charge is 2.32. The van der Waals surface area contributed by atoms with Crippen LogP contribution in [0.25, 0.3) is 0 Å². The first-order valence-corrected chi connectivity index (χ1v) is 8.27. The molecule has 1 aliphatic rings. The fraction of sp³-hybridized carbons (Fsp3) is 0.611. The second-order valence-corrected chi connectivity index (χ2v) is 6.44. The van der Waals surface area contributed by atoms with E-state index >= 15 is 0 Å². The zero-order valence-electron chi connectivity index (χ0n) is 14.8. The molecule has 1 fully saturated rings. The summed E-state index contributed by atoms with van der Waals surface area (Å²) in [5, 5.41) is 3.10. The molecule has 23 heavy (non-hydrogen) atoms. The van der Waals surface area contributed by atoms with Crippen molar-refractivity contribution in [3.05, 3.63) is 23.8 Å². The van der Waals surface area contributed by atoms with Gasteiger partial charge in [-0.3, -0.25) is 0 Å². The molecule has 5 nitrogen and oxygen atoms in total. The molecule has 2 rings (SSSR count). The van der Waals surface area contributed by atoms with E-state index < -0.39 is 0 Å². The third-order valence-corrected chi connectivity index (χ3v) is 4.66. The van der Waals surface area contributed by atoms with Gasteiger partial charge in [0.05, 0.1) is 20.3 Å². The minimum Gasteiger partial charge on any atom is -0.497 e. The third-order valence-electron chi connectivity index (χ3n) is 4.66. The van der Waals surface area contributed by atoms with Crippen molar-refractivity contribution in [1.82, 2.24) is 10.2 Å². The summed E-state index contributed by atoms with van der Waals surface area (Å²) in [6, 6.07) is 5.93. The maximum Gasteiger partial charge on any atom is 0.318 e. The van der Waals surface area contributed by atoms with Crippen molar-refractivity contribution in [1.29, 1.82) is 0 Å². The van der Waals surface area contributed by atoms with Crippen LogP contribution >= 0.6 is 0 Å². The fourth-order valence-corrected chi connectivity index (χ4v) is 2.88. The Labute approximate surface area is 139 Å². The van der Waals surface area contributed by atoms with E-state index in [0.29, 0.717) is 5.92 Å². The summed E-state index contributed by atoms with van der Waals surface area (Å²) in [5.41, 5.74) is 1.01. The Morgan fingerprint density at radius 1 is 1.26 bits per heavy atom. The van der Waals surface area contributed by atoms with Crippen molar-refractivity contribution in [3.63, 3.8) is 0 Å². The molecule has 1 aromatic rings. The zero-order valence-corrected chi connectivity index (χ0v) is 14.8. The minimum absolute atomic E-state index is 0.00132. The van der Waals surface area contributed by atoms with Crippen LogP contribution in [0.5, 0.6) is 11.5 Å². The smallest absolute Gasteiger partial charge is 0.318 e. The molecule has 0 aromatic heterocycles. The first kappa shape index (κ1) is 17.4. The standard InChI is InChI=1S/C18H28N2O3/c1-12(2)13(3)19-18(21)20-10-6-7-16(20)15-11-14(22-4)8-9-17(15)23-5/h8-9,11-13,16H,6-7,10H2,1-5H3,(H,19,21). The van der Waals surface area contributed by atoms with Gasteiger partial charge < -0.3 is 19.7 Å². The van der Waals surface area contributed by atoms with Gasteiger partial charge in [-0.1, -0.05) is 13.8 Å². The highest BCUT2D eigenvalue weighted by Crippen LogP contribution is 2.38. The van der Waals surface area contributed by atoms with Gasteiger partial charge in [0.1, 0.15) is 11.5 Å². The molecule has 0 spiro atoms. The van der Waals surface area contributed by atoms with Crippen molar-refractivity contribution in [2.75, 3.05) is 20.8 Å². The van der Waals surface area contributed by atoms with E-state index in [9.17, 15) is 4.79 Å². The summed E-state index contributed by atoms with van der Waals surface area (Å²) in [7, 11) is 3.31. The highest BCUT2D eigenvalue weighted by molar-refractivity contribution is 5.75. The number of nitrogens with one attached hydrogen (secondary N) is 1. The van der Waals surface area contributed by atoms with E-state index in [2.05, 4.69) is 19.2 Å². The van der Waals surface area contributed by atoms with Gasteiger partial charge in [0.25, 0.3) is 0 Å². The van der Waals surface area contributed by atoms with Gasteiger partial charge in [-0.25, -0.2) is 4.79 Å². The summed E-state index contributed by atoms with van der Waals surface area (Å²) in [4.78, 5) is 14.6. The number of methoxy groups -OCH3 is 2. The summed E-state index contributed by atoms with van der Waals surface area (Å²) >= 11 is 0. The molecule has 2 amide bonds. The van der Waals surface area contributed by atoms with E-state index in [1.165, 1.54) is 0 Å². The number of benzene rings is 1. The predicted molar refractivity (Wildman–Crippen MR) is 91.1 cm³/mol. The van der Waals surface area contributed by atoms with E-state index in [1.807, 2.05) is 30.0 Å². The molecule has 2 unspecified atom stereocenters.